The van der Waals surface area contributed by atoms with Crippen molar-refractivity contribution >= 4 is 22.8 Å². The highest BCUT2D eigenvalue weighted by molar-refractivity contribution is 6.09. The Labute approximate surface area is 229 Å². The normalized spacial score (nSPS) is 20.2. The minimum atomic E-state index is -1.02. The average Bonchev–Trinajstić information content (AvgIpc) is 3.67. The third-order valence-electron chi connectivity index (χ3n) is 7.88. The van der Waals surface area contributed by atoms with E-state index in [1.807, 2.05) is 13.0 Å². The van der Waals surface area contributed by atoms with E-state index in [-0.39, 0.29) is 23.9 Å². The van der Waals surface area contributed by atoms with Gasteiger partial charge in [-0.1, -0.05) is 19.9 Å². The Balaban J connectivity index is 1.38. The van der Waals surface area contributed by atoms with Crippen LogP contribution in [0.15, 0.2) is 24.5 Å². The molecule has 3 aromatic rings. The summed E-state index contributed by atoms with van der Waals surface area (Å²) in [6.07, 6.45) is 5.92. The van der Waals surface area contributed by atoms with Crippen molar-refractivity contribution in [1.29, 1.82) is 0 Å². The van der Waals surface area contributed by atoms with Crippen LogP contribution in [-0.2, 0) is 4.79 Å². The Morgan fingerprint density at radius 2 is 1.74 bits per heavy atom. The van der Waals surface area contributed by atoms with Gasteiger partial charge in [-0.05, 0) is 81.9 Å². The van der Waals surface area contributed by atoms with Crippen LogP contribution in [0.3, 0.4) is 0 Å². The van der Waals surface area contributed by atoms with E-state index < -0.39 is 6.10 Å². The molecule has 2 fully saturated rings. The number of aromatic nitrogens is 3. The molecule has 9 heteroatoms. The summed E-state index contributed by atoms with van der Waals surface area (Å²) >= 11 is 0. The molecule has 1 atom stereocenters. The van der Waals surface area contributed by atoms with Gasteiger partial charge in [0, 0.05) is 23.3 Å². The lowest BCUT2D eigenvalue weighted by molar-refractivity contribution is -0.129. The van der Waals surface area contributed by atoms with Crippen LogP contribution in [0.2, 0.25) is 0 Å². The smallest absolute Gasteiger partial charge is 0.255 e. The Hall–Kier alpha value is -3.46. The maximum Gasteiger partial charge on any atom is 0.255 e. The second-order valence-electron chi connectivity index (χ2n) is 11.4. The second-order valence-corrected chi connectivity index (χ2v) is 11.4. The minimum Gasteiger partial charge on any atom is -0.493 e. The summed E-state index contributed by atoms with van der Waals surface area (Å²) in [4.78, 5) is 37.8. The number of H-pyrrole nitrogens is 1. The number of carbonyl (C=O) groups is 2. The SMILES string of the molecule is Cc1[nH]c2c(-c3cc(C(C)C)ccc3OCC3CC3)ncnc2c1C(=O)NC1CCC(NC(=O)[C@H](C)O)CC1. The van der Waals surface area contributed by atoms with Crippen LogP contribution in [-0.4, -0.2) is 56.7 Å². The van der Waals surface area contributed by atoms with Crippen LogP contribution < -0.4 is 15.4 Å². The molecule has 0 aliphatic heterocycles. The first-order valence-electron chi connectivity index (χ1n) is 14.1. The number of hydrogen-bond donors (Lipinski definition) is 4. The number of nitrogens with zero attached hydrogens (tertiary/aromatic N) is 2. The van der Waals surface area contributed by atoms with Crippen LogP contribution in [0, 0.1) is 12.8 Å². The maximum absolute atomic E-state index is 13.5. The number of aryl methyl sites for hydroxylation is 1. The fourth-order valence-corrected chi connectivity index (χ4v) is 5.27. The van der Waals surface area contributed by atoms with Gasteiger partial charge in [0.15, 0.2) is 0 Å². The molecule has 2 saturated carbocycles. The molecule has 2 amide bonds. The summed E-state index contributed by atoms with van der Waals surface area (Å²) in [6, 6.07) is 6.30. The highest BCUT2D eigenvalue weighted by atomic mass is 16.5. The van der Waals surface area contributed by atoms with Crippen molar-refractivity contribution in [2.45, 2.75) is 90.3 Å². The second kappa shape index (κ2) is 11.3. The first-order chi connectivity index (χ1) is 18.7. The van der Waals surface area contributed by atoms with Gasteiger partial charge in [0.2, 0.25) is 5.91 Å². The molecule has 4 N–H and O–H groups in total. The predicted octanol–water partition coefficient (Wildman–Crippen LogP) is 4.38. The molecule has 1 aromatic carbocycles. The number of nitrogens with one attached hydrogen (secondary N) is 3. The van der Waals surface area contributed by atoms with Crippen LogP contribution in [0.4, 0.5) is 0 Å². The van der Waals surface area contributed by atoms with Crippen molar-refractivity contribution in [3.05, 3.63) is 41.3 Å². The zero-order valence-corrected chi connectivity index (χ0v) is 23.2. The van der Waals surface area contributed by atoms with Gasteiger partial charge in [0.1, 0.15) is 29.4 Å². The molecular formula is C30H39N5O4. The predicted molar refractivity (Wildman–Crippen MR) is 150 cm³/mol. The van der Waals surface area contributed by atoms with Gasteiger partial charge < -0.3 is 25.5 Å². The van der Waals surface area contributed by atoms with E-state index in [0.29, 0.717) is 29.5 Å². The zero-order valence-electron chi connectivity index (χ0n) is 23.2. The number of carbonyl (C=O) groups excluding carboxylic acids is 2. The summed E-state index contributed by atoms with van der Waals surface area (Å²) in [7, 11) is 0. The van der Waals surface area contributed by atoms with E-state index in [0.717, 1.165) is 53.9 Å². The van der Waals surface area contributed by atoms with Crippen LogP contribution in [0.1, 0.15) is 86.8 Å². The molecule has 0 spiro atoms. The van der Waals surface area contributed by atoms with Gasteiger partial charge in [-0.3, -0.25) is 9.59 Å². The number of amides is 2. The number of aliphatic hydroxyl groups is 1. The van der Waals surface area contributed by atoms with Crippen molar-refractivity contribution < 1.29 is 19.4 Å². The number of rotatable bonds is 9. The molecular weight excluding hydrogens is 494 g/mol. The van der Waals surface area contributed by atoms with Crippen molar-refractivity contribution in [1.82, 2.24) is 25.6 Å². The van der Waals surface area contributed by atoms with E-state index in [4.69, 9.17) is 4.74 Å². The average molecular weight is 534 g/mol. The van der Waals surface area contributed by atoms with Crippen molar-refractivity contribution in [2.24, 2.45) is 5.92 Å². The van der Waals surface area contributed by atoms with E-state index in [2.05, 4.69) is 51.6 Å². The molecule has 208 valence electrons. The summed E-state index contributed by atoms with van der Waals surface area (Å²) < 4.78 is 6.24. The van der Waals surface area contributed by atoms with Crippen LogP contribution in [0.25, 0.3) is 22.3 Å². The molecule has 2 heterocycles. The van der Waals surface area contributed by atoms with Gasteiger partial charge in [-0.15, -0.1) is 0 Å². The summed E-state index contributed by atoms with van der Waals surface area (Å²) in [5, 5.41) is 15.5. The van der Waals surface area contributed by atoms with E-state index in [1.54, 1.807) is 0 Å². The molecule has 2 aliphatic rings. The minimum absolute atomic E-state index is 0.00742. The molecule has 2 aliphatic carbocycles. The number of ether oxygens (including phenoxy) is 1. The van der Waals surface area contributed by atoms with E-state index in [9.17, 15) is 14.7 Å². The summed E-state index contributed by atoms with van der Waals surface area (Å²) in [6.45, 7) is 8.37. The number of fused-ring (bicyclic) bond motifs is 1. The number of hydrogen-bond acceptors (Lipinski definition) is 6. The zero-order chi connectivity index (χ0) is 27.7. The molecule has 9 nitrogen and oxygen atoms in total. The lowest BCUT2D eigenvalue weighted by atomic mass is 9.90. The molecule has 0 bridgehead atoms. The third kappa shape index (κ3) is 6.08. The molecule has 2 aromatic heterocycles. The summed E-state index contributed by atoms with van der Waals surface area (Å²) in [5.41, 5.74) is 5.40. The molecule has 0 saturated heterocycles. The first-order valence-corrected chi connectivity index (χ1v) is 14.1. The van der Waals surface area contributed by atoms with Gasteiger partial charge in [-0.2, -0.15) is 0 Å². The van der Waals surface area contributed by atoms with Crippen molar-refractivity contribution in [2.75, 3.05) is 6.61 Å². The monoisotopic (exact) mass is 533 g/mol. The van der Waals surface area contributed by atoms with Gasteiger partial charge in [0.25, 0.3) is 5.91 Å². The topological polar surface area (TPSA) is 129 Å². The first kappa shape index (κ1) is 27.1. The largest absolute Gasteiger partial charge is 0.493 e. The molecule has 0 radical (unpaired) electrons. The standard InChI is InChI=1S/C30H39N5O4/c1-16(2)20-7-12-24(39-14-19-5-6-19)23(13-20)26-28-27(32-15-31-26)25(17(3)33-28)30(38)35-22-10-8-21(9-11-22)34-29(37)18(4)36/h7,12-13,15-16,18-19,21-22,33,36H,5-6,8-11,14H2,1-4H3,(H,34,37)(H,35,38)/t18-,21?,22?/m0/s1. The quantitative estimate of drug-likeness (QED) is 0.323. The Morgan fingerprint density at radius 3 is 2.38 bits per heavy atom. The van der Waals surface area contributed by atoms with Crippen molar-refractivity contribution in [3.63, 3.8) is 0 Å². The third-order valence-corrected chi connectivity index (χ3v) is 7.88. The molecule has 39 heavy (non-hydrogen) atoms. The van der Waals surface area contributed by atoms with Gasteiger partial charge >= 0.3 is 0 Å². The highest BCUT2D eigenvalue weighted by Crippen LogP contribution is 2.38. The molecule has 0 unspecified atom stereocenters. The van der Waals surface area contributed by atoms with Gasteiger partial charge in [0.05, 0.1) is 17.7 Å². The number of aromatic amines is 1. The highest BCUT2D eigenvalue weighted by Gasteiger charge is 2.28. The fourth-order valence-electron chi connectivity index (χ4n) is 5.27. The fraction of sp³-hybridized carbons (Fsp3) is 0.533. The molecule has 5 rings (SSSR count). The number of benzene rings is 1. The number of aliphatic hydroxyl groups excluding tert-OH is 1. The van der Waals surface area contributed by atoms with E-state index in [1.165, 1.54) is 31.7 Å². The maximum atomic E-state index is 13.5. The Kier molecular flexibility index (Phi) is 7.88. The lowest BCUT2D eigenvalue weighted by Crippen LogP contribution is -2.46. The summed E-state index contributed by atoms with van der Waals surface area (Å²) in [5.74, 6) is 1.25. The Bertz CT molecular complexity index is 1350. The Morgan fingerprint density at radius 1 is 1.05 bits per heavy atom. The van der Waals surface area contributed by atoms with Crippen LogP contribution >= 0.6 is 0 Å². The van der Waals surface area contributed by atoms with Crippen molar-refractivity contribution in [3.8, 4) is 17.0 Å². The van der Waals surface area contributed by atoms with Crippen LogP contribution in [0.5, 0.6) is 5.75 Å². The van der Waals surface area contributed by atoms with Gasteiger partial charge in [-0.25, -0.2) is 9.97 Å². The van der Waals surface area contributed by atoms with E-state index >= 15 is 0 Å². The lowest BCUT2D eigenvalue weighted by Gasteiger charge is -2.30.